The predicted octanol–water partition coefficient (Wildman–Crippen LogP) is 1.35. The Labute approximate surface area is 144 Å². The third kappa shape index (κ3) is 6.75. The summed E-state index contributed by atoms with van der Waals surface area (Å²) < 4.78 is 5.27. The van der Waals surface area contributed by atoms with Crippen LogP contribution in [-0.4, -0.2) is 40.9 Å². The van der Waals surface area contributed by atoms with E-state index in [1.165, 1.54) is 6.42 Å². The summed E-state index contributed by atoms with van der Waals surface area (Å²) in [6.45, 7) is 6.32. The van der Waals surface area contributed by atoms with Crippen molar-refractivity contribution in [1.82, 2.24) is 5.32 Å². The number of rotatable bonds is 3. The van der Waals surface area contributed by atoms with Crippen molar-refractivity contribution in [2.75, 3.05) is 6.54 Å². The van der Waals surface area contributed by atoms with Gasteiger partial charge in [-0.3, -0.25) is 4.79 Å². The van der Waals surface area contributed by atoms with Gasteiger partial charge in [-0.25, -0.2) is 4.79 Å². The van der Waals surface area contributed by atoms with E-state index in [1.54, 1.807) is 0 Å². The Kier molecular flexibility index (Phi) is 7.63. The van der Waals surface area contributed by atoms with Gasteiger partial charge in [0.25, 0.3) is 0 Å². The van der Waals surface area contributed by atoms with Gasteiger partial charge < -0.3 is 26.6 Å². The molecule has 0 bridgehead atoms. The SMILES string of the molecule is CC(C)(C)OC(=O)C(N)(N)C1CCCCC1.O=C(O)[C@@H]1CCCN1. The maximum absolute atomic E-state index is 11.9. The zero-order chi connectivity index (χ0) is 18.4. The molecule has 6 N–H and O–H groups in total. The summed E-state index contributed by atoms with van der Waals surface area (Å²) in [5.41, 5.74) is 10.0. The monoisotopic (exact) mass is 343 g/mol. The largest absolute Gasteiger partial charge is 0.480 e. The molecule has 1 aliphatic heterocycles. The smallest absolute Gasteiger partial charge is 0.341 e. The summed E-state index contributed by atoms with van der Waals surface area (Å²) in [4.78, 5) is 22.0. The number of aliphatic carboxylic acids is 1. The van der Waals surface area contributed by atoms with E-state index in [0.29, 0.717) is 0 Å². The molecule has 1 aliphatic carbocycles. The molecule has 2 rings (SSSR count). The fourth-order valence-electron chi connectivity index (χ4n) is 3.01. The fourth-order valence-corrected chi connectivity index (χ4v) is 3.01. The van der Waals surface area contributed by atoms with Gasteiger partial charge in [-0.2, -0.15) is 0 Å². The van der Waals surface area contributed by atoms with Crippen molar-refractivity contribution in [3.05, 3.63) is 0 Å². The van der Waals surface area contributed by atoms with Gasteiger partial charge in [0.15, 0.2) is 5.66 Å². The second-order valence-corrected chi connectivity index (χ2v) is 7.76. The van der Waals surface area contributed by atoms with Gasteiger partial charge in [-0.15, -0.1) is 0 Å². The van der Waals surface area contributed by atoms with E-state index in [0.717, 1.165) is 45.1 Å². The van der Waals surface area contributed by atoms with Crippen LogP contribution in [0.4, 0.5) is 0 Å². The second-order valence-electron chi connectivity index (χ2n) is 7.76. The number of hydrogen-bond acceptors (Lipinski definition) is 6. The highest BCUT2D eigenvalue weighted by Gasteiger charge is 2.41. The molecule has 24 heavy (non-hydrogen) atoms. The van der Waals surface area contributed by atoms with E-state index in [9.17, 15) is 9.59 Å². The lowest BCUT2D eigenvalue weighted by atomic mass is 9.80. The van der Waals surface area contributed by atoms with Gasteiger partial charge in [-0.05, 0) is 53.0 Å². The van der Waals surface area contributed by atoms with Crippen LogP contribution in [0.25, 0.3) is 0 Å². The third-order valence-electron chi connectivity index (χ3n) is 4.39. The quantitative estimate of drug-likeness (QED) is 0.450. The Morgan fingerprint density at radius 3 is 2.00 bits per heavy atom. The number of carbonyl (C=O) groups excluding carboxylic acids is 1. The molecule has 7 nitrogen and oxygen atoms in total. The van der Waals surface area contributed by atoms with Gasteiger partial charge in [0, 0.05) is 5.92 Å². The van der Waals surface area contributed by atoms with Crippen LogP contribution >= 0.6 is 0 Å². The molecule has 0 aromatic heterocycles. The first-order valence-electron chi connectivity index (χ1n) is 8.81. The van der Waals surface area contributed by atoms with Gasteiger partial charge in [0.1, 0.15) is 11.6 Å². The lowest BCUT2D eigenvalue weighted by molar-refractivity contribution is -0.164. The number of carboxylic acid groups (broad SMARTS) is 1. The Bertz CT molecular complexity index is 420. The van der Waals surface area contributed by atoms with Gasteiger partial charge in [0.05, 0.1) is 0 Å². The number of nitrogens with two attached hydrogens (primary N) is 2. The molecule has 1 heterocycles. The van der Waals surface area contributed by atoms with Crippen molar-refractivity contribution in [2.24, 2.45) is 17.4 Å². The molecule has 0 spiro atoms. The topological polar surface area (TPSA) is 128 Å². The summed E-state index contributed by atoms with van der Waals surface area (Å²) in [5.74, 6) is -1.15. The van der Waals surface area contributed by atoms with Crippen LogP contribution < -0.4 is 16.8 Å². The molecule has 1 saturated heterocycles. The summed E-state index contributed by atoms with van der Waals surface area (Å²) in [7, 11) is 0. The first-order valence-corrected chi connectivity index (χ1v) is 8.81. The Balaban J connectivity index is 0.000000300. The number of carboxylic acids is 1. The number of hydrogen-bond donors (Lipinski definition) is 4. The fraction of sp³-hybridized carbons (Fsp3) is 0.882. The highest BCUT2D eigenvalue weighted by molar-refractivity contribution is 5.80. The van der Waals surface area contributed by atoms with Crippen molar-refractivity contribution in [1.29, 1.82) is 0 Å². The van der Waals surface area contributed by atoms with E-state index < -0.39 is 23.2 Å². The van der Waals surface area contributed by atoms with E-state index in [4.69, 9.17) is 21.3 Å². The second kappa shape index (κ2) is 8.78. The molecule has 140 valence electrons. The Morgan fingerprint density at radius 2 is 1.62 bits per heavy atom. The lowest BCUT2D eigenvalue weighted by Gasteiger charge is -2.36. The molecular formula is C17H33N3O4. The van der Waals surface area contributed by atoms with E-state index in [1.807, 2.05) is 20.8 Å². The maximum Gasteiger partial charge on any atom is 0.341 e. The summed E-state index contributed by atoms with van der Waals surface area (Å²) in [5, 5.41) is 11.2. The summed E-state index contributed by atoms with van der Waals surface area (Å²) in [6, 6.07) is -0.269. The summed E-state index contributed by atoms with van der Waals surface area (Å²) >= 11 is 0. The van der Waals surface area contributed by atoms with Crippen LogP contribution in [0.3, 0.4) is 0 Å². The highest BCUT2D eigenvalue weighted by atomic mass is 16.6. The molecule has 0 aromatic rings. The van der Waals surface area contributed by atoms with Crippen LogP contribution in [0.5, 0.6) is 0 Å². The lowest BCUT2D eigenvalue weighted by Crippen LogP contribution is -2.63. The molecular weight excluding hydrogens is 310 g/mol. The van der Waals surface area contributed by atoms with Crippen LogP contribution in [0.1, 0.15) is 65.7 Å². The minimum Gasteiger partial charge on any atom is -0.480 e. The van der Waals surface area contributed by atoms with Crippen molar-refractivity contribution in [2.45, 2.75) is 83.0 Å². The first kappa shape index (κ1) is 20.9. The maximum atomic E-state index is 11.9. The standard InChI is InChI=1S/C12H24N2O2.C5H9NO2/c1-11(2,3)16-10(15)12(13,14)9-7-5-4-6-8-9;7-5(8)4-2-1-3-6-4/h9H,4-8,13-14H2,1-3H3;4,6H,1-3H2,(H,7,8)/t;4-/m.0/s1. The van der Waals surface area contributed by atoms with Crippen molar-refractivity contribution >= 4 is 11.9 Å². The molecule has 0 radical (unpaired) electrons. The Morgan fingerprint density at radius 1 is 1.04 bits per heavy atom. The summed E-state index contributed by atoms with van der Waals surface area (Å²) in [6.07, 6.45) is 7.04. The first-order chi connectivity index (χ1) is 11.0. The van der Waals surface area contributed by atoms with Gasteiger partial charge >= 0.3 is 11.9 Å². The van der Waals surface area contributed by atoms with Crippen molar-refractivity contribution < 1.29 is 19.4 Å². The molecule has 0 aromatic carbocycles. The predicted molar refractivity (Wildman–Crippen MR) is 92.2 cm³/mol. The van der Waals surface area contributed by atoms with Crippen LogP contribution in [0, 0.1) is 5.92 Å². The van der Waals surface area contributed by atoms with Crippen molar-refractivity contribution in [3.8, 4) is 0 Å². The van der Waals surface area contributed by atoms with Crippen molar-refractivity contribution in [3.63, 3.8) is 0 Å². The van der Waals surface area contributed by atoms with E-state index in [-0.39, 0.29) is 12.0 Å². The third-order valence-corrected chi connectivity index (χ3v) is 4.39. The zero-order valence-electron chi connectivity index (χ0n) is 15.1. The average Bonchev–Trinajstić information content (AvgIpc) is 3.01. The van der Waals surface area contributed by atoms with E-state index >= 15 is 0 Å². The highest BCUT2D eigenvalue weighted by Crippen LogP contribution is 2.30. The van der Waals surface area contributed by atoms with Crippen LogP contribution in [0.2, 0.25) is 0 Å². The number of ether oxygens (including phenoxy) is 1. The number of nitrogens with one attached hydrogen (secondary N) is 1. The normalized spacial score (nSPS) is 22.5. The minimum absolute atomic E-state index is 0.0519. The molecule has 7 heteroatoms. The average molecular weight is 343 g/mol. The minimum atomic E-state index is -1.33. The zero-order valence-corrected chi connectivity index (χ0v) is 15.1. The molecule has 1 atom stereocenters. The van der Waals surface area contributed by atoms with Crippen LogP contribution in [0.15, 0.2) is 0 Å². The van der Waals surface area contributed by atoms with E-state index in [2.05, 4.69) is 5.32 Å². The Hall–Kier alpha value is -1.18. The molecule has 0 unspecified atom stereocenters. The van der Waals surface area contributed by atoms with Crippen LogP contribution in [-0.2, 0) is 14.3 Å². The molecule has 1 saturated carbocycles. The number of carbonyl (C=O) groups is 2. The van der Waals surface area contributed by atoms with Gasteiger partial charge in [-0.1, -0.05) is 19.3 Å². The van der Waals surface area contributed by atoms with Gasteiger partial charge in [0.2, 0.25) is 0 Å². The number of esters is 1. The molecule has 2 fully saturated rings. The molecule has 0 amide bonds. The molecule has 2 aliphatic rings.